The Morgan fingerprint density at radius 3 is 2.07 bits per heavy atom. The third kappa shape index (κ3) is 10.4. The number of nitrogens with zero attached hydrogens (tertiary/aromatic N) is 1. The lowest BCUT2D eigenvalue weighted by Crippen LogP contribution is -2.47. The molecule has 254 valence electrons. The Balaban J connectivity index is 2.42. The predicted octanol–water partition coefficient (Wildman–Crippen LogP) is 2.07. The number of aliphatic imine (C=N–C) groups is 1. The SMILES string of the molecule is CC(C)OC(=O)[C@H](C)NP(=O)(N[C@@H](C)C(=O)OC(C)C)OC[C@H]1O[C@@H](c2ccc(C(N)=NC=N)[nH]2)[C@](C)(O)[C@@H]1OC(=O)C(C)C. The topological polar surface area (TPSA) is 237 Å². The van der Waals surface area contributed by atoms with E-state index in [4.69, 9.17) is 34.6 Å². The number of aliphatic hydroxyl groups is 1. The van der Waals surface area contributed by atoms with Crippen molar-refractivity contribution >= 4 is 37.8 Å². The maximum atomic E-state index is 14.1. The maximum absolute atomic E-state index is 14.1. The smallest absolute Gasteiger partial charge is 0.342 e. The van der Waals surface area contributed by atoms with Crippen LogP contribution in [0.4, 0.5) is 0 Å². The van der Waals surface area contributed by atoms with Crippen LogP contribution in [0.1, 0.15) is 79.8 Å². The number of carbonyl (C=O) groups excluding carboxylic acids is 3. The number of H-pyrrole nitrogens is 1. The number of aromatic nitrogens is 1. The van der Waals surface area contributed by atoms with Gasteiger partial charge in [-0.3, -0.25) is 24.4 Å². The van der Waals surface area contributed by atoms with Crippen LogP contribution in [0, 0.1) is 11.3 Å². The molecule has 1 saturated heterocycles. The fourth-order valence-electron chi connectivity index (χ4n) is 4.31. The first-order valence-electron chi connectivity index (χ1n) is 14.6. The summed E-state index contributed by atoms with van der Waals surface area (Å²) < 4.78 is 42.2. The number of rotatable bonds is 16. The van der Waals surface area contributed by atoms with Crippen molar-refractivity contribution in [2.45, 2.75) is 111 Å². The van der Waals surface area contributed by atoms with Crippen molar-refractivity contribution in [3.8, 4) is 0 Å². The van der Waals surface area contributed by atoms with Crippen molar-refractivity contribution in [2.75, 3.05) is 6.61 Å². The Labute approximate surface area is 263 Å². The van der Waals surface area contributed by atoms with Crippen LogP contribution < -0.4 is 15.9 Å². The van der Waals surface area contributed by atoms with Crippen LogP contribution in [0.15, 0.2) is 17.1 Å². The van der Waals surface area contributed by atoms with E-state index in [0.717, 1.165) is 6.34 Å². The van der Waals surface area contributed by atoms with E-state index in [0.29, 0.717) is 11.4 Å². The lowest BCUT2D eigenvalue weighted by atomic mass is 9.91. The molecule has 1 aromatic heterocycles. The molecule has 0 amide bonds. The third-order valence-electron chi connectivity index (χ3n) is 6.50. The summed E-state index contributed by atoms with van der Waals surface area (Å²) in [5.41, 5.74) is 4.74. The van der Waals surface area contributed by atoms with E-state index < -0.39 is 86.3 Å². The highest BCUT2D eigenvalue weighted by atomic mass is 31.2. The highest BCUT2D eigenvalue weighted by Gasteiger charge is 2.56. The number of nitrogens with one attached hydrogen (secondary N) is 4. The molecule has 1 aromatic rings. The molecular formula is C28H47N6O10P. The van der Waals surface area contributed by atoms with Gasteiger partial charge in [-0.15, -0.1) is 0 Å². The van der Waals surface area contributed by atoms with Gasteiger partial charge in [0.15, 0.2) is 6.10 Å². The van der Waals surface area contributed by atoms with Crippen LogP contribution in [0.2, 0.25) is 0 Å². The molecule has 0 bridgehead atoms. The molecule has 0 unspecified atom stereocenters. The summed E-state index contributed by atoms with van der Waals surface area (Å²) in [6, 6.07) is 0.885. The van der Waals surface area contributed by atoms with Crippen molar-refractivity contribution < 1.29 is 47.5 Å². The molecule has 0 spiro atoms. The number of esters is 3. The second-order valence-corrected chi connectivity index (χ2v) is 13.7. The number of amidine groups is 1. The standard InChI is InChI=1S/C28H47N6O10P/c1-14(2)25(35)44-23-21(43-22(28(23,9)38)19-10-11-20(32-19)24(30)31-13-29)12-40-45(39,33-17(7)26(36)41-15(3)4)34-18(8)27(37)42-16(5)6/h10-11,13-18,21-23,32,38H,12H2,1-9H3,(H3,29,30,31)(H2,33,34,39)/t17-,18-,21+,22-,23+,28-/m0/s1. The van der Waals surface area contributed by atoms with Gasteiger partial charge in [-0.25, -0.2) is 15.2 Å². The number of aromatic amines is 1. The van der Waals surface area contributed by atoms with E-state index in [-0.39, 0.29) is 5.84 Å². The zero-order valence-electron chi connectivity index (χ0n) is 27.2. The lowest BCUT2D eigenvalue weighted by molar-refractivity contribution is -0.166. The van der Waals surface area contributed by atoms with Gasteiger partial charge in [-0.05, 0) is 60.6 Å². The Bertz CT molecular complexity index is 1250. The Morgan fingerprint density at radius 1 is 1.07 bits per heavy atom. The fraction of sp³-hybridized carbons (Fsp3) is 0.679. The number of hydrogen-bond donors (Lipinski definition) is 6. The van der Waals surface area contributed by atoms with Crippen LogP contribution in [0.25, 0.3) is 0 Å². The van der Waals surface area contributed by atoms with Crippen molar-refractivity contribution in [2.24, 2.45) is 16.6 Å². The molecule has 7 N–H and O–H groups in total. The van der Waals surface area contributed by atoms with Gasteiger partial charge in [0.2, 0.25) is 0 Å². The summed E-state index contributed by atoms with van der Waals surface area (Å²) in [5, 5.41) is 24.0. The lowest BCUT2D eigenvalue weighted by Gasteiger charge is -2.31. The van der Waals surface area contributed by atoms with E-state index in [1.165, 1.54) is 20.8 Å². The quantitative estimate of drug-likeness (QED) is 0.0491. The molecule has 16 nitrogen and oxygen atoms in total. The molecule has 1 aliphatic heterocycles. The molecule has 17 heteroatoms. The minimum Gasteiger partial charge on any atom is -0.462 e. The largest absolute Gasteiger partial charge is 0.462 e. The van der Waals surface area contributed by atoms with Crippen LogP contribution in [-0.2, 0) is 42.4 Å². The average molecular weight is 659 g/mol. The van der Waals surface area contributed by atoms with Crippen LogP contribution in [0.5, 0.6) is 0 Å². The van der Waals surface area contributed by atoms with Gasteiger partial charge >= 0.3 is 25.6 Å². The minimum absolute atomic E-state index is 0.0184. The van der Waals surface area contributed by atoms with E-state index in [9.17, 15) is 24.1 Å². The van der Waals surface area contributed by atoms with Crippen molar-refractivity contribution in [1.82, 2.24) is 15.2 Å². The number of ether oxygens (including phenoxy) is 4. The summed E-state index contributed by atoms with van der Waals surface area (Å²) >= 11 is 0. The molecule has 0 aliphatic carbocycles. The van der Waals surface area contributed by atoms with Gasteiger partial charge in [0.05, 0.1) is 30.4 Å². The first-order chi connectivity index (χ1) is 20.8. The van der Waals surface area contributed by atoms with Gasteiger partial charge in [0.1, 0.15) is 42.1 Å². The van der Waals surface area contributed by atoms with E-state index in [2.05, 4.69) is 20.2 Å². The maximum Gasteiger partial charge on any atom is 0.342 e. The monoisotopic (exact) mass is 658 g/mol. The molecule has 1 fully saturated rings. The highest BCUT2D eigenvalue weighted by molar-refractivity contribution is 7.54. The molecule has 45 heavy (non-hydrogen) atoms. The van der Waals surface area contributed by atoms with Gasteiger partial charge < -0.3 is 39.3 Å². The van der Waals surface area contributed by atoms with Gasteiger partial charge in [0, 0.05) is 5.69 Å². The van der Waals surface area contributed by atoms with Crippen LogP contribution >= 0.6 is 7.67 Å². The van der Waals surface area contributed by atoms with Gasteiger partial charge in [0.25, 0.3) is 0 Å². The van der Waals surface area contributed by atoms with Crippen molar-refractivity contribution in [3.05, 3.63) is 23.5 Å². The second-order valence-electron chi connectivity index (χ2n) is 11.8. The molecule has 1 aliphatic rings. The zero-order chi connectivity index (χ0) is 34.3. The highest BCUT2D eigenvalue weighted by Crippen LogP contribution is 2.46. The van der Waals surface area contributed by atoms with Gasteiger partial charge in [-0.1, -0.05) is 13.8 Å². The second kappa shape index (κ2) is 15.9. The fourth-order valence-corrected chi connectivity index (χ4v) is 6.12. The normalized spacial score (nSPS) is 23.7. The van der Waals surface area contributed by atoms with Crippen molar-refractivity contribution in [3.63, 3.8) is 0 Å². The summed E-state index contributed by atoms with van der Waals surface area (Å²) in [6.07, 6.45) is -3.72. The number of carbonyl (C=O) groups is 3. The Kier molecular flexibility index (Phi) is 13.5. The summed E-state index contributed by atoms with van der Waals surface area (Å²) in [4.78, 5) is 44.5. The third-order valence-corrected chi connectivity index (χ3v) is 8.47. The molecule has 0 saturated carbocycles. The van der Waals surface area contributed by atoms with Crippen LogP contribution in [0.3, 0.4) is 0 Å². The molecule has 2 rings (SSSR count). The first kappa shape index (κ1) is 38.0. The predicted molar refractivity (Wildman–Crippen MR) is 164 cm³/mol. The molecule has 0 aromatic carbocycles. The Hall–Kier alpha value is -3.14. The summed E-state index contributed by atoms with van der Waals surface area (Å²) in [5.74, 6) is -2.59. The summed E-state index contributed by atoms with van der Waals surface area (Å²) in [7, 11) is -4.27. The van der Waals surface area contributed by atoms with E-state index in [1.54, 1.807) is 53.7 Å². The van der Waals surface area contributed by atoms with Crippen molar-refractivity contribution in [1.29, 1.82) is 5.41 Å². The average Bonchev–Trinajstić information content (AvgIpc) is 3.49. The van der Waals surface area contributed by atoms with Gasteiger partial charge in [-0.2, -0.15) is 0 Å². The van der Waals surface area contributed by atoms with E-state index >= 15 is 0 Å². The Morgan fingerprint density at radius 2 is 1.60 bits per heavy atom. The molecular weight excluding hydrogens is 611 g/mol. The molecule has 2 heterocycles. The molecule has 0 radical (unpaired) electrons. The van der Waals surface area contributed by atoms with E-state index in [1.807, 2.05) is 0 Å². The first-order valence-corrected chi connectivity index (χ1v) is 16.2. The van der Waals surface area contributed by atoms with Crippen LogP contribution in [-0.4, -0.2) is 88.9 Å². The molecule has 6 atom stereocenters. The zero-order valence-corrected chi connectivity index (χ0v) is 28.0. The minimum atomic E-state index is -4.27. The summed E-state index contributed by atoms with van der Waals surface area (Å²) in [6.45, 7) is 13.6. The number of hydrogen-bond acceptors (Lipinski definition) is 11. The number of nitrogens with two attached hydrogens (primary N) is 1.